The number of carboxylic acid groups (broad SMARTS) is 1. The molecule has 1 atom stereocenters. The van der Waals surface area contributed by atoms with E-state index in [1.165, 1.54) is 83.5 Å². The van der Waals surface area contributed by atoms with Gasteiger partial charge in [-0.25, -0.2) is 4.79 Å². The molecule has 0 saturated heterocycles. The Morgan fingerprint density at radius 1 is 0.767 bits per heavy atom. The molecule has 5 N–H and O–H groups in total. The highest BCUT2D eigenvalue weighted by molar-refractivity contribution is 5.84. The third-order valence-electron chi connectivity index (χ3n) is 5.57. The Morgan fingerprint density at radius 3 is 1.73 bits per heavy atom. The minimum atomic E-state index is -0.979. The molecule has 0 aliphatic heterocycles. The average molecular weight is 428 g/mol. The van der Waals surface area contributed by atoms with Crippen molar-refractivity contribution in [3.63, 3.8) is 0 Å². The summed E-state index contributed by atoms with van der Waals surface area (Å²) in [5.74, 6) is -1.23. The van der Waals surface area contributed by atoms with Gasteiger partial charge in [0.05, 0.1) is 6.54 Å². The summed E-state index contributed by atoms with van der Waals surface area (Å²) in [6, 6.07) is -0.813. The summed E-state index contributed by atoms with van der Waals surface area (Å²) in [6.45, 7) is 3.79. The second-order valence-corrected chi connectivity index (χ2v) is 8.52. The van der Waals surface area contributed by atoms with Crippen molar-refractivity contribution < 1.29 is 14.7 Å². The van der Waals surface area contributed by atoms with Crippen LogP contribution in [0.2, 0.25) is 0 Å². The van der Waals surface area contributed by atoms with Gasteiger partial charge in [-0.1, -0.05) is 90.4 Å². The Hall–Kier alpha value is -1.14. The van der Waals surface area contributed by atoms with E-state index in [1.807, 2.05) is 0 Å². The van der Waals surface area contributed by atoms with E-state index in [0.717, 1.165) is 19.4 Å². The number of carbonyl (C=O) groups excluding carboxylic acids is 1. The number of carboxylic acids is 1. The SMILES string of the molecule is CCCCCCCCCCCCCCCCNCC(=O)NC(CCCCN)C(=O)O. The molecule has 30 heavy (non-hydrogen) atoms. The van der Waals surface area contributed by atoms with Gasteiger partial charge < -0.3 is 21.5 Å². The fourth-order valence-electron chi connectivity index (χ4n) is 3.64. The Bertz CT molecular complexity index is 405. The van der Waals surface area contributed by atoms with Gasteiger partial charge in [-0.15, -0.1) is 0 Å². The maximum atomic E-state index is 11.9. The predicted octanol–water partition coefficient (Wildman–Crippen LogP) is 4.76. The minimum absolute atomic E-state index is 0.180. The van der Waals surface area contributed by atoms with E-state index in [1.54, 1.807) is 0 Å². The lowest BCUT2D eigenvalue weighted by Gasteiger charge is -2.14. The van der Waals surface area contributed by atoms with Gasteiger partial charge in [0.25, 0.3) is 0 Å². The molecule has 0 aromatic carbocycles. The molecule has 0 fully saturated rings. The van der Waals surface area contributed by atoms with Crippen LogP contribution in [0.15, 0.2) is 0 Å². The molecular weight excluding hydrogens is 378 g/mol. The van der Waals surface area contributed by atoms with Crippen molar-refractivity contribution >= 4 is 11.9 Å². The predicted molar refractivity (Wildman–Crippen MR) is 126 cm³/mol. The van der Waals surface area contributed by atoms with Crippen LogP contribution >= 0.6 is 0 Å². The molecule has 0 aromatic rings. The molecule has 178 valence electrons. The zero-order valence-electron chi connectivity index (χ0n) is 19.6. The van der Waals surface area contributed by atoms with E-state index >= 15 is 0 Å². The van der Waals surface area contributed by atoms with Crippen LogP contribution < -0.4 is 16.4 Å². The molecule has 0 spiro atoms. The van der Waals surface area contributed by atoms with Gasteiger partial charge in [0.1, 0.15) is 6.04 Å². The number of hydrogen-bond acceptors (Lipinski definition) is 4. The summed E-state index contributed by atoms with van der Waals surface area (Å²) >= 11 is 0. The molecule has 0 aromatic heterocycles. The van der Waals surface area contributed by atoms with Gasteiger partial charge in [0.2, 0.25) is 5.91 Å². The van der Waals surface area contributed by atoms with Gasteiger partial charge in [0.15, 0.2) is 0 Å². The number of carbonyl (C=O) groups is 2. The maximum Gasteiger partial charge on any atom is 0.326 e. The van der Waals surface area contributed by atoms with Crippen molar-refractivity contribution in [1.29, 1.82) is 0 Å². The summed E-state index contributed by atoms with van der Waals surface area (Å²) < 4.78 is 0. The van der Waals surface area contributed by atoms with E-state index in [2.05, 4.69) is 17.6 Å². The second-order valence-electron chi connectivity index (χ2n) is 8.52. The van der Waals surface area contributed by atoms with Crippen LogP contribution in [-0.4, -0.2) is 42.7 Å². The van der Waals surface area contributed by atoms with Crippen molar-refractivity contribution in [2.45, 2.75) is 122 Å². The maximum absolute atomic E-state index is 11.9. The van der Waals surface area contributed by atoms with E-state index in [-0.39, 0.29) is 12.5 Å². The Kier molecular flexibility index (Phi) is 21.7. The van der Waals surface area contributed by atoms with Gasteiger partial charge in [-0.2, -0.15) is 0 Å². The number of aliphatic carboxylic acids is 1. The zero-order valence-corrected chi connectivity index (χ0v) is 19.6. The van der Waals surface area contributed by atoms with Gasteiger partial charge in [-0.05, 0) is 38.8 Å². The van der Waals surface area contributed by atoms with Crippen molar-refractivity contribution in [3.8, 4) is 0 Å². The molecule has 1 unspecified atom stereocenters. The monoisotopic (exact) mass is 427 g/mol. The van der Waals surface area contributed by atoms with Crippen LogP contribution in [0.3, 0.4) is 0 Å². The number of nitrogens with one attached hydrogen (secondary N) is 2. The summed E-state index contributed by atoms with van der Waals surface area (Å²) in [5, 5.41) is 14.9. The van der Waals surface area contributed by atoms with E-state index < -0.39 is 12.0 Å². The normalized spacial score (nSPS) is 12.1. The summed E-state index contributed by atoms with van der Waals surface area (Å²) in [7, 11) is 0. The summed E-state index contributed by atoms with van der Waals surface area (Å²) in [5.41, 5.74) is 5.42. The zero-order chi connectivity index (χ0) is 22.3. The molecule has 0 heterocycles. The Labute approximate surface area is 185 Å². The third-order valence-corrected chi connectivity index (χ3v) is 5.57. The molecular formula is C24H49N3O3. The van der Waals surface area contributed by atoms with Crippen LogP contribution in [0.4, 0.5) is 0 Å². The lowest BCUT2D eigenvalue weighted by Crippen LogP contribution is -2.44. The molecule has 0 bridgehead atoms. The molecule has 0 aliphatic carbocycles. The molecule has 0 saturated carbocycles. The highest BCUT2D eigenvalue weighted by Gasteiger charge is 2.18. The van der Waals surface area contributed by atoms with Crippen LogP contribution in [0.25, 0.3) is 0 Å². The van der Waals surface area contributed by atoms with Crippen LogP contribution in [0.1, 0.15) is 116 Å². The Balaban J connectivity index is 3.40. The highest BCUT2D eigenvalue weighted by atomic mass is 16.4. The van der Waals surface area contributed by atoms with Crippen LogP contribution in [-0.2, 0) is 9.59 Å². The van der Waals surface area contributed by atoms with Crippen molar-refractivity contribution in [1.82, 2.24) is 10.6 Å². The van der Waals surface area contributed by atoms with E-state index in [4.69, 9.17) is 10.8 Å². The minimum Gasteiger partial charge on any atom is -0.480 e. The number of hydrogen-bond donors (Lipinski definition) is 4. The molecule has 0 radical (unpaired) electrons. The largest absolute Gasteiger partial charge is 0.480 e. The van der Waals surface area contributed by atoms with Crippen LogP contribution in [0, 0.1) is 0 Å². The quantitative estimate of drug-likeness (QED) is 0.176. The molecule has 1 amide bonds. The lowest BCUT2D eigenvalue weighted by atomic mass is 10.0. The van der Waals surface area contributed by atoms with E-state index in [0.29, 0.717) is 19.4 Å². The third kappa shape index (κ3) is 20.1. The smallest absolute Gasteiger partial charge is 0.326 e. The fourth-order valence-corrected chi connectivity index (χ4v) is 3.64. The van der Waals surface area contributed by atoms with Crippen molar-refractivity contribution in [2.24, 2.45) is 5.73 Å². The van der Waals surface area contributed by atoms with E-state index in [9.17, 15) is 9.59 Å². The first kappa shape index (κ1) is 28.9. The first-order valence-corrected chi connectivity index (χ1v) is 12.5. The average Bonchev–Trinajstić information content (AvgIpc) is 2.72. The summed E-state index contributed by atoms with van der Waals surface area (Å²) in [4.78, 5) is 23.1. The number of rotatable bonds is 23. The first-order valence-electron chi connectivity index (χ1n) is 12.5. The topological polar surface area (TPSA) is 104 Å². The standard InChI is InChI=1S/C24H49N3O3/c1-2-3-4-5-6-7-8-9-10-11-12-13-14-17-20-26-21-23(28)27-22(24(29)30)18-15-16-19-25/h22,26H,2-21,25H2,1H3,(H,27,28)(H,29,30). The van der Waals surface area contributed by atoms with Crippen LogP contribution in [0.5, 0.6) is 0 Å². The van der Waals surface area contributed by atoms with Crippen molar-refractivity contribution in [3.05, 3.63) is 0 Å². The van der Waals surface area contributed by atoms with Crippen molar-refractivity contribution in [2.75, 3.05) is 19.6 Å². The molecule has 0 rings (SSSR count). The molecule has 0 aliphatic rings. The second kappa shape index (κ2) is 22.5. The molecule has 6 nitrogen and oxygen atoms in total. The first-order chi connectivity index (χ1) is 14.6. The van der Waals surface area contributed by atoms with Gasteiger partial charge in [0, 0.05) is 0 Å². The van der Waals surface area contributed by atoms with Gasteiger partial charge >= 0.3 is 5.97 Å². The summed E-state index contributed by atoms with van der Waals surface area (Å²) in [6.07, 6.45) is 20.6. The number of nitrogens with two attached hydrogens (primary N) is 1. The Morgan fingerprint density at radius 2 is 1.27 bits per heavy atom. The highest BCUT2D eigenvalue weighted by Crippen LogP contribution is 2.12. The van der Waals surface area contributed by atoms with Gasteiger partial charge in [-0.3, -0.25) is 4.79 Å². The lowest BCUT2D eigenvalue weighted by molar-refractivity contribution is -0.141. The number of unbranched alkanes of at least 4 members (excludes halogenated alkanes) is 14. The fraction of sp³-hybridized carbons (Fsp3) is 0.917. The molecule has 6 heteroatoms. The number of amides is 1.